The minimum absolute atomic E-state index is 0.142. The number of anilines is 1. The van der Waals surface area contributed by atoms with Crippen molar-refractivity contribution < 1.29 is 9.13 Å². The van der Waals surface area contributed by atoms with Crippen LogP contribution >= 0.6 is 0 Å². The normalized spacial score (nSPS) is 18.3. The average Bonchev–Trinajstić information content (AvgIpc) is 2.75. The molecule has 2 N–H and O–H groups in total. The van der Waals surface area contributed by atoms with Crippen molar-refractivity contribution in [1.82, 2.24) is 0 Å². The summed E-state index contributed by atoms with van der Waals surface area (Å²) in [5.41, 5.74) is 5.69. The van der Waals surface area contributed by atoms with Crippen LogP contribution in [0.1, 0.15) is 19.8 Å². The van der Waals surface area contributed by atoms with E-state index in [1.807, 2.05) is 6.92 Å². The molecule has 0 heterocycles. The summed E-state index contributed by atoms with van der Waals surface area (Å²) in [7, 11) is 0. The number of halogens is 1. The topological polar surface area (TPSA) is 35.2 Å². The van der Waals surface area contributed by atoms with E-state index in [0.717, 1.165) is 12.8 Å². The molecule has 2 rings (SSSR count). The minimum Gasteiger partial charge on any atom is -0.484 e. The molecule has 0 aromatic heterocycles. The van der Waals surface area contributed by atoms with E-state index in [1.54, 1.807) is 12.1 Å². The number of nitrogens with two attached hydrogens (primary N) is 1. The molecule has 1 aliphatic carbocycles. The third kappa shape index (κ3) is 1.74. The van der Waals surface area contributed by atoms with Gasteiger partial charge in [-0.05, 0) is 31.9 Å². The second kappa shape index (κ2) is 2.62. The molecular weight excluding hydrogens is 169 g/mol. The van der Waals surface area contributed by atoms with Crippen LogP contribution in [-0.4, -0.2) is 5.60 Å². The van der Waals surface area contributed by atoms with E-state index in [2.05, 4.69) is 0 Å². The van der Waals surface area contributed by atoms with Crippen molar-refractivity contribution >= 4 is 5.69 Å². The lowest BCUT2D eigenvalue weighted by atomic mass is 10.3. The second-order valence-corrected chi connectivity index (χ2v) is 3.74. The van der Waals surface area contributed by atoms with E-state index in [1.165, 1.54) is 6.07 Å². The minimum atomic E-state index is -0.381. The zero-order chi connectivity index (χ0) is 9.47. The molecule has 1 aliphatic rings. The third-order valence-corrected chi connectivity index (χ3v) is 2.27. The SMILES string of the molecule is CC1(Oc2ccc(N)cc2F)CC1. The molecule has 0 aliphatic heterocycles. The first-order valence-corrected chi connectivity index (χ1v) is 4.33. The summed E-state index contributed by atoms with van der Waals surface area (Å²) in [5.74, 6) is -0.0812. The lowest BCUT2D eigenvalue weighted by Gasteiger charge is -2.13. The standard InChI is InChI=1S/C10H12FNO/c1-10(4-5-10)13-9-3-2-7(12)6-8(9)11/h2-3,6H,4-5,12H2,1H3. The highest BCUT2D eigenvalue weighted by atomic mass is 19.1. The zero-order valence-corrected chi connectivity index (χ0v) is 7.51. The van der Waals surface area contributed by atoms with Crippen molar-refractivity contribution in [3.05, 3.63) is 24.0 Å². The van der Waals surface area contributed by atoms with Crippen molar-refractivity contribution in [1.29, 1.82) is 0 Å². The van der Waals surface area contributed by atoms with Crippen molar-refractivity contribution in [2.24, 2.45) is 0 Å². The van der Waals surface area contributed by atoms with Crippen LogP contribution in [0.2, 0.25) is 0 Å². The van der Waals surface area contributed by atoms with Gasteiger partial charge in [0.15, 0.2) is 11.6 Å². The number of hydrogen-bond donors (Lipinski definition) is 1. The fraction of sp³-hybridized carbons (Fsp3) is 0.400. The van der Waals surface area contributed by atoms with Gasteiger partial charge in [0.1, 0.15) is 5.60 Å². The molecule has 0 radical (unpaired) electrons. The lowest BCUT2D eigenvalue weighted by Crippen LogP contribution is -2.13. The Bertz CT molecular complexity index is 334. The summed E-state index contributed by atoms with van der Waals surface area (Å²) < 4.78 is 18.7. The zero-order valence-electron chi connectivity index (χ0n) is 7.51. The second-order valence-electron chi connectivity index (χ2n) is 3.74. The van der Waals surface area contributed by atoms with Gasteiger partial charge in [0, 0.05) is 11.8 Å². The molecule has 0 atom stereocenters. The molecule has 70 valence electrons. The molecule has 3 heteroatoms. The largest absolute Gasteiger partial charge is 0.484 e. The van der Waals surface area contributed by atoms with Gasteiger partial charge in [0.05, 0.1) is 0 Å². The number of ether oxygens (including phenoxy) is 1. The fourth-order valence-corrected chi connectivity index (χ4v) is 1.14. The van der Waals surface area contributed by atoms with Gasteiger partial charge in [-0.25, -0.2) is 4.39 Å². The van der Waals surface area contributed by atoms with E-state index in [-0.39, 0.29) is 11.4 Å². The van der Waals surface area contributed by atoms with Crippen LogP contribution < -0.4 is 10.5 Å². The quantitative estimate of drug-likeness (QED) is 0.711. The van der Waals surface area contributed by atoms with Gasteiger partial charge in [-0.15, -0.1) is 0 Å². The molecule has 0 saturated heterocycles. The Morgan fingerprint density at radius 3 is 2.69 bits per heavy atom. The number of hydrogen-bond acceptors (Lipinski definition) is 2. The smallest absolute Gasteiger partial charge is 0.167 e. The molecular formula is C10H12FNO. The molecule has 1 saturated carbocycles. The summed E-state index contributed by atoms with van der Waals surface area (Å²) in [6.45, 7) is 1.97. The number of rotatable bonds is 2. The van der Waals surface area contributed by atoms with Crippen LogP contribution in [0.25, 0.3) is 0 Å². The summed E-state index contributed by atoms with van der Waals surface area (Å²) in [4.78, 5) is 0. The van der Waals surface area contributed by atoms with Gasteiger partial charge in [-0.2, -0.15) is 0 Å². The summed E-state index contributed by atoms with van der Waals surface area (Å²) in [6.07, 6.45) is 1.99. The Kier molecular flexibility index (Phi) is 1.68. The van der Waals surface area contributed by atoms with E-state index in [4.69, 9.17) is 10.5 Å². The van der Waals surface area contributed by atoms with Gasteiger partial charge >= 0.3 is 0 Å². The van der Waals surface area contributed by atoms with Gasteiger partial charge in [-0.1, -0.05) is 0 Å². The molecule has 0 amide bonds. The van der Waals surface area contributed by atoms with E-state index in [9.17, 15) is 4.39 Å². The highest BCUT2D eigenvalue weighted by Crippen LogP contribution is 2.40. The van der Waals surface area contributed by atoms with Crippen LogP contribution in [0, 0.1) is 5.82 Å². The Morgan fingerprint density at radius 2 is 2.15 bits per heavy atom. The Morgan fingerprint density at radius 1 is 1.46 bits per heavy atom. The summed E-state index contributed by atoms with van der Waals surface area (Å²) in [6, 6.07) is 4.50. The molecule has 2 nitrogen and oxygen atoms in total. The summed E-state index contributed by atoms with van der Waals surface area (Å²) in [5, 5.41) is 0. The molecule has 0 unspecified atom stereocenters. The molecule has 1 aromatic rings. The number of benzene rings is 1. The van der Waals surface area contributed by atoms with Gasteiger partial charge in [0.2, 0.25) is 0 Å². The highest BCUT2D eigenvalue weighted by Gasteiger charge is 2.40. The highest BCUT2D eigenvalue weighted by molar-refractivity contribution is 5.43. The number of nitrogen functional groups attached to an aromatic ring is 1. The first kappa shape index (κ1) is 8.35. The first-order chi connectivity index (χ1) is 6.09. The van der Waals surface area contributed by atoms with Crippen molar-refractivity contribution in [3.8, 4) is 5.75 Å². The predicted octanol–water partition coefficient (Wildman–Crippen LogP) is 2.34. The third-order valence-electron chi connectivity index (χ3n) is 2.27. The van der Waals surface area contributed by atoms with Crippen molar-refractivity contribution in [2.75, 3.05) is 5.73 Å². The fourth-order valence-electron chi connectivity index (χ4n) is 1.14. The van der Waals surface area contributed by atoms with Gasteiger partial charge in [0.25, 0.3) is 0 Å². The Hall–Kier alpha value is -1.25. The molecule has 1 aromatic carbocycles. The molecule has 0 spiro atoms. The Balaban J connectivity index is 2.20. The maximum absolute atomic E-state index is 13.2. The van der Waals surface area contributed by atoms with Gasteiger partial charge < -0.3 is 10.5 Å². The lowest BCUT2D eigenvalue weighted by molar-refractivity contribution is 0.191. The van der Waals surface area contributed by atoms with Crippen LogP contribution in [0.3, 0.4) is 0 Å². The predicted molar refractivity (Wildman–Crippen MR) is 49.1 cm³/mol. The molecule has 0 bridgehead atoms. The first-order valence-electron chi connectivity index (χ1n) is 4.33. The van der Waals surface area contributed by atoms with Crippen LogP contribution in [0.15, 0.2) is 18.2 Å². The van der Waals surface area contributed by atoms with E-state index < -0.39 is 0 Å². The maximum Gasteiger partial charge on any atom is 0.167 e. The van der Waals surface area contributed by atoms with Crippen molar-refractivity contribution in [3.63, 3.8) is 0 Å². The molecule has 13 heavy (non-hydrogen) atoms. The Labute approximate surface area is 76.5 Å². The maximum atomic E-state index is 13.2. The van der Waals surface area contributed by atoms with Crippen LogP contribution in [0.5, 0.6) is 5.75 Å². The molecule has 1 fully saturated rings. The van der Waals surface area contributed by atoms with E-state index >= 15 is 0 Å². The summed E-state index contributed by atoms with van der Waals surface area (Å²) >= 11 is 0. The van der Waals surface area contributed by atoms with Crippen LogP contribution in [0.4, 0.5) is 10.1 Å². The van der Waals surface area contributed by atoms with E-state index in [0.29, 0.717) is 11.4 Å². The monoisotopic (exact) mass is 181 g/mol. The van der Waals surface area contributed by atoms with Crippen molar-refractivity contribution in [2.45, 2.75) is 25.4 Å². The van der Waals surface area contributed by atoms with Crippen LogP contribution in [-0.2, 0) is 0 Å². The van der Waals surface area contributed by atoms with Gasteiger partial charge in [-0.3, -0.25) is 0 Å². The average molecular weight is 181 g/mol.